The third kappa shape index (κ3) is 3.27. The van der Waals surface area contributed by atoms with Crippen molar-refractivity contribution in [2.45, 2.75) is 32.1 Å². The SMILES string of the molecule is CC(O)n1c(-c2cccnc2N)nc2ccc(-c3ccc(OC4CC4)cn3)nc21. The molecule has 1 saturated carbocycles. The number of rotatable bonds is 5. The Balaban J connectivity index is 1.59. The zero-order valence-electron chi connectivity index (χ0n) is 15.9. The summed E-state index contributed by atoms with van der Waals surface area (Å²) in [4.78, 5) is 18.0. The Morgan fingerprint density at radius 1 is 1.10 bits per heavy atom. The molecule has 5 rings (SSSR count). The van der Waals surface area contributed by atoms with E-state index in [4.69, 9.17) is 15.5 Å². The smallest absolute Gasteiger partial charge is 0.163 e. The summed E-state index contributed by atoms with van der Waals surface area (Å²) in [7, 11) is 0. The predicted octanol–water partition coefficient (Wildman–Crippen LogP) is 3.19. The van der Waals surface area contributed by atoms with Gasteiger partial charge in [-0.25, -0.2) is 15.0 Å². The number of pyridine rings is 3. The highest BCUT2D eigenvalue weighted by Gasteiger charge is 2.23. The van der Waals surface area contributed by atoms with Crippen LogP contribution in [-0.2, 0) is 0 Å². The van der Waals surface area contributed by atoms with Crippen LogP contribution < -0.4 is 10.5 Å². The first-order valence-corrected chi connectivity index (χ1v) is 9.51. The fourth-order valence-corrected chi connectivity index (χ4v) is 3.25. The first-order valence-electron chi connectivity index (χ1n) is 9.51. The van der Waals surface area contributed by atoms with Gasteiger partial charge in [-0.3, -0.25) is 9.55 Å². The van der Waals surface area contributed by atoms with E-state index in [9.17, 15) is 5.11 Å². The van der Waals surface area contributed by atoms with Gasteiger partial charge in [-0.1, -0.05) is 0 Å². The number of nitrogens with two attached hydrogens (primary N) is 1. The average molecular weight is 388 g/mol. The summed E-state index contributed by atoms with van der Waals surface area (Å²) in [5.74, 6) is 1.63. The van der Waals surface area contributed by atoms with E-state index in [0.717, 1.165) is 24.3 Å². The minimum Gasteiger partial charge on any atom is -0.489 e. The second kappa shape index (κ2) is 6.82. The molecule has 0 amide bonds. The number of anilines is 1. The number of ether oxygens (including phenoxy) is 1. The summed E-state index contributed by atoms with van der Waals surface area (Å²) < 4.78 is 7.40. The van der Waals surface area contributed by atoms with Gasteiger partial charge >= 0.3 is 0 Å². The van der Waals surface area contributed by atoms with Crippen LogP contribution in [0.5, 0.6) is 5.75 Å². The van der Waals surface area contributed by atoms with Crippen LogP contribution in [0.15, 0.2) is 48.8 Å². The number of nitrogen functional groups attached to an aromatic ring is 1. The largest absolute Gasteiger partial charge is 0.489 e. The summed E-state index contributed by atoms with van der Waals surface area (Å²) in [5, 5.41) is 10.4. The van der Waals surface area contributed by atoms with Crippen molar-refractivity contribution < 1.29 is 9.84 Å². The van der Waals surface area contributed by atoms with E-state index in [1.54, 1.807) is 30.0 Å². The number of nitrogens with zero attached hydrogens (tertiary/aromatic N) is 5. The van der Waals surface area contributed by atoms with Crippen LogP contribution in [0, 0.1) is 0 Å². The average Bonchev–Trinajstić information content (AvgIpc) is 3.45. The van der Waals surface area contributed by atoms with E-state index in [0.29, 0.717) is 40.2 Å². The van der Waals surface area contributed by atoms with E-state index in [1.807, 2.05) is 30.3 Å². The van der Waals surface area contributed by atoms with E-state index in [-0.39, 0.29) is 0 Å². The molecule has 0 spiro atoms. The Bertz CT molecular complexity index is 1180. The molecule has 4 heterocycles. The van der Waals surface area contributed by atoms with E-state index < -0.39 is 6.23 Å². The number of aliphatic hydroxyl groups excluding tert-OH is 1. The van der Waals surface area contributed by atoms with Crippen molar-refractivity contribution in [1.29, 1.82) is 0 Å². The molecule has 3 N–H and O–H groups in total. The van der Waals surface area contributed by atoms with Crippen molar-refractivity contribution in [3.05, 3.63) is 48.8 Å². The van der Waals surface area contributed by atoms with Crippen molar-refractivity contribution in [1.82, 2.24) is 24.5 Å². The first-order chi connectivity index (χ1) is 14.1. The van der Waals surface area contributed by atoms with Crippen LogP contribution in [0.25, 0.3) is 33.9 Å². The normalized spacial score (nSPS) is 14.8. The lowest BCUT2D eigenvalue weighted by Gasteiger charge is -2.12. The molecule has 0 aromatic carbocycles. The molecule has 0 saturated heterocycles. The Hall–Kier alpha value is -3.52. The van der Waals surface area contributed by atoms with Gasteiger partial charge in [-0.05, 0) is 56.2 Å². The Kier molecular flexibility index (Phi) is 4.13. The van der Waals surface area contributed by atoms with Gasteiger partial charge in [0.2, 0.25) is 0 Å². The molecule has 146 valence electrons. The predicted molar refractivity (Wildman–Crippen MR) is 109 cm³/mol. The van der Waals surface area contributed by atoms with Crippen LogP contribution in [0.4, 0.5) is 5.82 Å². The van der Waals surface area contributed by atoms with Gasteiger partial charge in [-0.2, -0.15) is 0 Å². The van der Waals surface area contributed by atoms with Gasteiger partial charge < -0.3 is 15.6 Å². The molecule has 0 aliphatic heterocycles. The van der Waals surface area contributed by atoms with Gasteiger partial charge in [0.15, 0.2) is 5.65 Å². The second-order valence-electron chi connectivity index (χ2n) is 7.11. The number of imidazole rings is 1. The van der Waals surface area contributed by atoms with Crippen LogP contribution in [0.2, 0.25) is 0 Å². The summed E-state index contributed by atoms with van der Waals surface area (Å²) in [6.45, 7) is 1.66. The Morgan fingerprint density at radius 3 is 2.62 bits per heavy atom. The molecule has 29 heavy (non-hydrogen) atoms. The molecular weight excluding hydrogens is 368 g/mol. The number of hydrogen-bond donors (Lipinski definition) is 2. The summed E-state index contributed by atoms with van der Waals surface area (Å²) >= 11 is 0. The highest BCUT2D eigenvalue weighted by Crippen LogP contribution is 2.31. The zero-order valence-corrected chi connectivity index (χ0v) is 15.9. The van der Waals surface area contributed by atoms with E-state index in [1.165, 1.54) is 0 Å². The van der Waals surface area contributed by atoms with Crippen LogP contribution in [-0.4, -0.2) is 35.7 Å². The minimum absolute atomic E-state index is 0.329. The summed E-state index contributed by atoms with van der Waals surface area (Å²) in [6.07, 6.45) is 5.02. The van der Waals surface area contributed by atoms with Gasteiger partial charge in [0, 0.05) is 6.20 Å². The van der Waals surface area contributed by atoms with Gasteiger partial charge in [-0.15, -0.1) is 0 Å². The lowest BCUT2D eigenvalue weighted by Crippen LogP contribution is -2.08. The topological polar surface area (TPSA) is 112 Å². The monoisotopic (exact) mass is 388 g/mol. The first kappa shape index (κ1) is 17.6. The van der Waals surface area contributed by atoms with Crippen molar-refractivity contribution in [2.75, 3.05) is 5.73 Å². The van der Waals surface area contributed by atoms with Crippen molar-refractivity contribution in [2.24, 2.45) is 0 Å². The summed E-state index contributed by atoms with van der Waals surface area (Å²) in [6, 6.07) is 11.1. The van der Waals surface area contributed by atoms with Crippen LogP contribution in [0.1, 0.15) is 26.0 Å². The number of aromatic nitrogens is 5. The number of aliphatic hydroxyl groups is 1. The maximum Gasteiger partial charge on any atom is 0.163 e. The molecule has 1 aliphatic carbocycles. The van der Waals surface area contributed by atoms with E-state index >= 15 is 0 Å². The lowest BCUT2D eigenvalue weighted by molar-refractivity contribution is 0.130. The van der Waals surface area contributed by atoms with Crippen LogP contribution in [0.3, 0.4) is 0 Å². The Labute approximate surface area is 167 Å². The zero-order chi connectivity index (χ0) is 20.0. The second-order valence-corrected chi connectivity index (χ2v) is 7.11. The van der Waals surface area contributed by atoms with Crippen LogP contribution >= 0.6 is 0 Å². The highest BCUT2D eigenvalue weighted by atomic mass is 16.5. The van der Waals surface area contributed by atoms with E-state index in [2.05, 4.69) is 15.0 Å². The van der Waals surface area contributed by atoms with Gasteiger partial charge in [0.05, 0.1) is 29.3 Å². The molecule has 1 aliphatic rings. The van der Waals surface area contributed by atoms with Crippen molar-refractivity contribution in [3.63, 3.8) is 0 Å². The fraction of sp³-hybridized carbons (Fsp3) is 0.238. The molecule has 1 fully saturated rings. The quantitative estimate of drug-likeness (QED) is 0.540. The third-order valence-corrected chi connectivity index (χ3v) is 4.82. The van der Waals surface area contributed by atoms with Crippen molar-refractivity contribution in [3.8, 4) is 28.5 Å². The molecule has 0 radical (unpaired) electrons. The standard InChI is InChI=1S/C21H20N6O2/c1-12(28)27-20(15-3-2-10-23-19(15)22)26-18-9-8-17(25-21(18)27)16-7-6-14(11-24-16)29-13-4-5-13/h2-3,6-13,28H,4-5H2,1H3,(H2,22,23). The van der Waals surface area contributed by atoms with Crippen molar-refractivity contribution >= 4 is 17.0 Å². The highest BCUT2D eigenvalue weighted by molar-refractivity contribution is 5.82. The number of fused-ring (bicyclic) bond motifs is 1. The molecular formula is C21H20N6O2. The maximum atomic E-state index is 10.4. The molecule has 0 bridgehead atoms. The lowest BCUT2D eigenvalue weighted by atomic mass is 10.2. The van der Waals surface area contributed by atoms with Gasteiger partial charge in [0.1, 0.15) is 29.1 Å². The minimum atomic E-state index is -0.848. The molecule has 8 heteroatoms. The summed E-state index contributed by atoms with van der Waals surface area (Å²) in [5.41, 5.74) is 9.28. The Morgan fingerprint density at radius 2 is 1.93 bits per heavy atom. The third-order valence-electron chi connectivity index (χ3n) is 4.82. The molecule has 1 unspecified atom stereocenters. The maximum absolute atomic E-state index is 10.4. The fourth-order valence-electron chi connectivity index (χ4n) is 3.25. The molecule has 4 aromatic heterocycles. The molecule has 1 atom stereocenters. The molecule has 8 nitrogen and oxygen atoms in total. The molecule has 4 aromatic rings. The van der Waals surface area contributed by atoms with Gasteiger partial charge in [0.25, 0.3) is 0 Å². The number of hydrogen-bond acceptors (Lipinski definition) is 7.